The third-order valence-corrected chi connectivity index (χ3v) is 2.37. The topological polar surface area (TPSA) is 55.0 Å². The first-order chi connectivity index (χ1) is 6.66. The van der Waals surface area contributed by atoms with Crippen molar-refractivity contribution in [2.24, 2.45) is 5.73 Å². The number of anilines is 1. The molecule has 0 atom stereocenters. The smallest absolute Gasteiger partial charge is 0.134 e. The van der Waals surface area contributed by atoms with Crippen LogP contribution in [0.1, 0.15) is 17.7 Å². The molecule has 0 amide bonds. The van der Waals surface area contributed by atoms with Crippen LogP contribution < -0.4 is 10.6 Å². The summed E-state index contributed by atoms with van der Waals surface area (Å²) in [7, 11) is 2.03. The average molecular weight is 194 g/mol. The summed E-state index contributed by atoms with van der Waals surface area (Å²) in [5.74, 6) is 1.01. The molecular weight excluding hydrogens is 176 g/mol. The van der Waals surface area contributed by atoms with Gasteiger partial charge in [0.1, 0.15) is 12.1 Å². The van der Waals surface area contributed by atoms with E-state index in [1.807, 2.05) is 20.9 Å². The number of aryl methyl sites for hydroxylation is 1. The number of nitrogens with zero attached hydrogens (tertiary/aromatic N) is 3. The molecule has 0 aromatic carbocycles. The molecule has 1 aromatic rings. The zero-order chi connectivity index (χ0) is 10.6. The lowest BCUT2D eigenvalue weighted by Gasteiger charge is -2.19. The molecule has 1 heterocycles. The summed E-state index contributed by atoms with van der Waals surface area (Å²) >= 11 is 0. The first kappa shape index (κ1) is 10.9. The van der Waals surface area contributed by atoms with Gasteiger partial charge in [0.15, 0.2) is 0 Å². The lowest BCUT2D eigenvalue weighted by atomic mass is 10.2. The van der Waals surface area contributed by atoms with Gasteiger partial charge in [-0.25, -0.2) is 9.97 Å². The second-order valence-electron chi connectivity index (χ2n) is 3.47. The predicted octanol–water partition coefficient (Wildman–Crippen LogP) is 0.878. The van der Waals surface area contributed by atoms with Crippen molar-refractivity contribution in [2.75, 3.05) is 25.0 Å². The third-order valence-electron chi connectivity index (χ3n) is 2.37. The molecule has 0 unspecified atom stereocenters. The molecule has 0 fully saturated rings. The maximum Gasteiger partial charge on any atom is 0.134 e. The molecule has 2 N–H and O–H groups in total. The Labute approximate surface area is 85.2 Å². The first-order valence-corrected chi connectivity index (χ1v) is 4.86. The summed E-state index contributed by atoms with van der Waals surface area (Å²) in [4.78, 5) is 10.5. The molecule has 0 saturated heterocycles. The molecule has 1 rings (SSSR count). The highest BCUT2D eigenvalue weighted by molar-refractivity contribution is 5.46. The van der Waals surface area contributed by atoms with Gasteiger partial charge in [0, 0.05) is 24.8 Å². The number of hydrogen-bond donors (Lipinski definition) is 1. The van der Waals surface area contributed by atoms with E-state index in [1.54, 1.807) is 6.33 Å². The zero-order valence-electron chi connectivity index (χ0n) is 9.12. The van der Waals surface area contributed by atoms with Gasteiger partial charge in [0.05, 0.1) is 0 Å². The first-order valence-electron chi connectivity index (χ1n) is 4.86. The second kappa shape index (κ2) is 4.91. The molecule has 0 aliphatic heterocycles. The van der Waals surface area contributed by atoms with Crippen molar-refractivity contribution in [1.29, 1.82) is 0 Å². The maximum atomic E-state index is 5.46. The Morgan fingerprint density at radius 3 is 2.71 bits per heavy atom. The molecule has 0 radical (unpaired) electrons. The van der Waals surface area contributed by atoms with Gasteiger partial charge >= 0.3 is 0 Å². The minimum atomic E-state index is 0.716. The monoisotopic (exact) mass is 194 g/mol. The minimum Gasteiger partial charge on any atom is -0.359 e. The van der Waals surface area contributed by atoms with Gasteiger partial charge in [-0.15, -0.1) is 0 Å². The number of nitrogens with two attached hydrogens (primary N) is 1. The summed E-state index contributed by atoms with van der Waals surface area (Å²) in [6, 6.07) is 0. The molecule has 14 heavy (non-hydrogen) atoms. The highest BCUT2D eigenvalue weighted by Crippen LogP contribution is 2.16. The Bertz CT molecular complexity index is 298. The normalized spacial score (nSPS) is 10.3. The summed E-state index contributed by atoms with van der Waals surface area (Å²) in [6.07, 6.45) is 2.59. The van der Waals surface area contributed by atoms with E-state index >= 15 is 0 Å². The highest BCUT2D eigenvalue weighted by Gasteiger charge is 2.07. The van der Waals surface area contributed by atoms with Gasteiger partial charge in [-0.3, -0.25) is 0 Å². The van der Waals surface area contributed by atoms with Crippen LogP contribution in [-0.2, 0) is 0 Å². The van der Waals surface area contributed by atoms with Crippen molar-refractivity contribution in [3.05, 3.63) is 17.6 Å². The fraction of sp³-hybridized carbons (Fsp3) is 0.600. The van der Waals surface area contributed by atoms with Crippen LogP contribution in [0.5, 0.6) is 0 Å². The number of hydrogen-bond acceptors (Lipinski definition) is 4. The van der Waals surface area contributed by atoms with E-state index in [0.29, 0.717) is 6.54 Å². The molecule has 4 nitrogen and oxygen atoms in total. The maximum absolute atomic E-state index is 5.46. The molecule has 0 saturated carbocycles. The summed E-state index contributed by atoms with van der Waals surface area (Å²) < 4.78 is 0. The molecule has 0 bridgehead atoms. The molecule has 4 heteroatoms. The lowest BCUT2D eigenvalue weighted by molar-refractivity contribution is 0.780. The van der Waals surface area contributed by atoms with Crippen LogP contribution in [-0.4, -0.2) is 30.1 Å². The van der Waals surface area contributed by atoms with E-state index < -0.39 is 0 Å². The predicted molar refractivity (Wildman–Crippen MR) is 58.4 cm³/mol. The highest BCUT2D eigenvalue weighted by atomic mass is 15.2. The van der Waals surface area contributed by atoms with E-state index in [4.69, 9.17) is 5.73 Å². The molecular formula is C10H18N4. The molecule has 0 aliphatic carbocycles. The van der Waals surface area contributed by atoms with Crippen molar-refractivity contribution in [1.82, 2.24) is 9.97 Å². The van der Waals surface area contributed by atoms with Gasteiger partial charge in [-0.05, 0) is 26.8 Å². The zero-order valence-corrected chi connectivity index (χ0v) is 9.12. The molecule has 78 valence electrons. The van der Waals surface area contributed by atoms with E-state index in [1.165, 1.54) is 0 Å². The van der Waals surface area contributed by atoms with Gasteiger partial charge < -0.3 is 10.6 Å². The van der Waals surface area contributed by atoms with Crippen molar-refractivity contribution in [3.8, 4) is 0 Å². The van der Waals surface area contributed by atoms with E-state index in [9.17, 15) is 0 Å². The van der Waals surface area contributed by atoms with Gasteiger partial charge in [-0.2, -0.15) is 0 Å². The Hall–Kier alpha value is -1.16. The SMILES string of the molecule is Cc1ncnc(N(C)CCCN)c1C. The van der Waals surface area contributed by atoms with E-state index in [-0.39, 0.29) is 0 Å². The van der Waals surface area contributed by atoms with E-state index in [0.717, 1.165) is 30.0 Å². The fourth-order valence-corrected chi connectivity index (χ4v) is 1.34. The van der Waals surface area contributed by atoms with Gasteiger partial charge in [-0.1, -0.05) is 0 Å². The summed E-state index contributed by atoms with van der Waals surface area (Å²) in [5.41, 5.74) is 7.65. The van der Waals surface area contributed by atoms with Crippen molar-refractivity contribution >= 4 is 5.82 Å². The summed E-state index contributed by atoms with van der Waals surface area (Å²) in [5, 5.41) is 0. The van der Waals surface area contributed by atoms with Crippen molar-refractivity contribution < 1.29 is 0 Å². The Morgan fingerprint density at radius 2 is 2.07 bits per heavy atom. The Balaban J connectivity index is 2.79. The molecule has 0 spiro atoms. The van der Waals surface area contributed by atoms with Gasteiger partial charge in [0.25, 0.3) is 0 Å². The van der Waals surface area contributed by atoms with Crippen LogP contribution in [0.15, 0.2) is 6.33 Å². The quantitative estimate of drug-likeness (QED) is 0.773. The molecule has 0 aliphatic rings. The van der Waals surface area contributed by atoms with Crippen LogP contribution in [0.2, 0.25) is 0 Å². The Kier molecular flexibility index (Phi) is 3.83. The summed E-state index contributed by atoms with van der Waals surface area (Å²) in [6.45, 7) is 5.70. The van der Waals surface area contributed by atoms with Crippen molar-refractivity contribution in [3.63, 3.8) is 0 Å². The number of aromatic nitrogens is 2. The van der Waals surface area contributed by atoms with Crippen molar-refractivity contribution in [2.45, 2.75) is 20.3 Å². The van der Waals surface area contributed by atoms with Crippen LogP contribution in [0.25, 0.3) is 0 Å². The third kappa shape index (κ3) is 2.42. The fourth-order valence-electron chi connectivity index (χ4n) is 1.34. The minimum absolute atomic E-state index is 0.716. The Morgan fingerprint density at radius 1 is 1.36 bits per heavy atom. The standard InChI is InChI=1S/C10H18N4/c1-8-9(2)12-7-13-10(8)14(3)6-4-5-11/h7H,4-6,11H2,1-3H3. The average Bonchev–Trinajstić information content (AvgIpc) is 2.18. The van der Waals surface area contributed by atoms with Gasteiger partial charge in [0.2, 0.25) is 0 Å². The van der Waals surface area contributed by atoms with Crippen LogP contribution in [0, 0.1) is 13.8 Å². The van der Waals surface area contributed by atoms with Crippen LogP contribution >= 0.6 is 0 Å². The number of rotatable bonds is 4. The van der Waals surface area contributed by atoms with E-state index in [2.05, 4.69) is 14.9 Å². The second-order valence-corrected chi connectivity index (χ2v) is 3.47. The van der Waals surface area contributed by atoms with Crippen LogP contribution in [0.4, 0.5) is 5.82 Å². The largest absolute Gasteiger partial charge is 0.359 e. The lowest BCUT2D eigenvalue weighted by Crippen LogP contribution is -2.23. The van der Waals surface area contributed by atoms with Crippen LogP contribution in [0.3, 0.4) is 0 Å². The molecule has 1 aromatic heterocycles.